The van der Waals surface area contributed by atoms with E-state index < -0.39 is 18.2 Å². The molecule has 1 aromatic heterocycles. The van der Waals surface area contributed by atoms with Crippen molar-refractivity contribution in [2.75, 3.05) is 0 Å². The van der Waals surface area contributed by atoms with Gasteiger partial charge in [-0.1, -0.05) is 6.08 Å². The van der Waals surface area contributed by atoms with E-state index in [1.165, 1.54) is 17.4 Å². The summed E-state index contributed by atoms with van der Waals surface area (Å²) in [6, 6.07) is 1.70. The van der Waals surface area contributed by atoms with E-state index in [1.54, 1.807) is 23.6 Å². The maximum atomic E-state index is 13.4. The molecule has 2 atom stereocenters. The second kappa shape index (κ2) is 5.29. The van der Waals surface area contributed by atoms with Crippen LogP contribution in [0.5, 0.6) is 0 Å². The second-order valence-electron chi connectivity index (χ2n) is 4.92. The Kier molecular flexibility index (Phi) is 3.47. The van der Waals surface area contributed by atoms with Crippen molar-refractivity contribution < 1.29 is 19.1 Å². The van der Waals surface area contributed by atoms with E-state index in [2.05, 4.69) is 5.32 Å². The van der Waals surface area contributed by atoms with E-state index in [9.17, 15) is 14.0 Å². The molecule has 1 aliphatic heterocycles. The Balaban J connectivity index is 1.83. The van der Waals surface area contributed by atoms with E-state index in [0.29, 0.717) is 4.88 Å². The number of thiophene rings is 1. The van der Waals surface area contributed by atoms with Gasteiger partial charge in [0.15, 0.2) is 5.78 Å². The maximum absolute atomic E-state index is 13.4. The van der Waals surface area contributed by atoms with Crippen LogP contribution in [-0.4, -0.2) is 22.9 Å². The van der Waals surface area contributed by atoms with Crippen molar-refractivity contribution in [3.05, 3.63) is 52.1 Å². The van der Waals surface area contributed by atoms with Crippen LogP contribution < -0.4 is 5.32 Å². The molecule has 0 aromatic carbocycles. The number of carbonyl (C=O) groups excluding carboxylic acids is 1. The van der Waals surface area contributed by atoms with Crippen LogP contribution in [0.3, 0.4) is 0 Å². The lowest BCUT2D eigenvalue weighted by molar-refractivity contribution is -0.135. The van der Waals surface area contributed by atoms with Crippen LogP contribution in [0.4, 0.5) is 4.39 Å². The molecule has 4 nitrogen and oxygen atoms in total. The molecule has 21 heavy (non-hydrogen) atoms. The van der Waals surface area contributed by atoms with Crippen molar-refractivity contribution in [1.82, 2.24) is 5.32 Å². The Morgan fingerprint density at radius 2 is 2.24 bits per heavy atom. The minimum absolute atomic E-state index is 0.0255. The monoisotopic (exact) mass is 305 g/mol. The molecule has 2 aliphatic rings. The highest BCUT2D eigenvalue weighted by molar-refractivity contribution is 7.12. The third kappa shape index (κ3) is 2.67. The van der Waals surface area contributed by atoms with Crippen LogP contribution in [0.2, 0.25) is 0 Å². The van der Waals surface area contributed by atoms with E-state index in [0.717, 1.165) is 11.1 Å². The average Bonchev–Trinajstić information content (AvgIpc) is 3.02. The van der Waals surface area contributed by atoms with Crippen LogP contribution in [0.25, 0.3) is 5.57 Å². The Hall–Kier alpha value is -2.21. The number of hydrogen-bond donors (Lipinski definition) is 2. The quantitative estimate of drug-likeness (QED) is 0.663. The number of rotatable bonds is 4. The lowest BCUT2D eigenvalue weighted by Gasteiger charge is -2.19. The van der Waals surface area contributed by atoms with E-state index in [4.69, 9.17) is 5.11 Å². The summed E-state index contributed by atoms with van der Waals surface area (Å²) in [5.74, 6) is -1.93. The van der Waals surface area contributed by atoms with Gasteiger partial charge in [-0.25, -0.2) is 4.39 Å². The summed E-state index contributed by atoms with van der Waals surface area (Å²) in [4.78, 5) is 22.7. The third-order valence-electron chi connectivity index (χ3n) is 3.50. The predicted molar refractivity (Wildman–Crippen MR) is 77.6 cm³/mol. The molecule has 0 fully saturated rings. The fourth-order valence-corrected chi connectivity index (χ4v) is 3.36. The van der Waals surface area contributed by atoms with Gasteiger partial charge in [-0.05, 0) is 34.7 Å². The summed E-state index contributed by atoms with van der Waals surface area (Å²) >= 11 is 1.21. The second-order valence-corrected chi connectivity index (χ2v) is 5.83. The molecule has 6 heteroatoms. The highest BCUT2D eigenvalue weighted by Gasteiger charge is 2.30. The standard InChI is InChI=1S/C15H12FNO3S/c16-9-1-2-12-10(4-9)11(6-17-12)8-3-14(21-7-8)13(18)5-15(19)20/h1-4,6-7,10,12,17H,5H2,(H,19,20). The van der Waals surface area contributed by atoms with Gasteiger partial charge in [0.25, 0.3) is 0 Å². The average molecular weight is 305 g/mol. The van der Waals surface area contributed by atoms with Crippen molar-refractivity contribution in [3.63, 3.8) is 0 Å². The molecule has 0 bridgehead atoms. The first-order chi connectivity index (χ1) is 10.0. The number of carboxylic acids is 1. The van der Waals surface area contributed by atoms with Crippen LogP contribution in [0.15, 0.2) is 41.7 Å². The number of hydrogen-bond acceptors (Lipinski definition) is 4. The number of carbonyl (C=O) groups is 2. The number of carboxylic acid groups (broad SMARTS) is 1. The minimum atomic E-state index is -1.14. The lowest BCUT2D eigenvalue weighted by Crippen LogP contribution is -2.25. The SMILES string of the molecule is O=C(O)CC(=O)c1cc(C2=CNC3C=CC(F)=CC23)cs1. The molecule has 0 amide bonds. The first kappa shape index (κ1) is 13.8. The molecular weight excluding hydrogens is 293 g/mol. The number of halogens is 1. The Morgan fingerprint density at radius 3 is 3.00 bits per heavy atom. The Labute approximate surface area is 124 Å². The fraction of sp³-hybridized carbons (Fsp3) is 0.200. The molecule has 108 valence electrons. The topological polar surface area (TPSA) is 66.4 Å². The van der Waals surface area contributed by atoms with Gasteiger partial charge in [0.2, 0.25) is 0 Å². The van der Waals surface area contributed by atoms with Crippen LogP contribution in [0, 0.1) is 5.92 Å². The van der Waals surface area contributed by atoms with Gasteiger partial charge < -0.3 is 10.4 Å². The van der Waals surface area contributed by atoms with Gasteiger partial charge in [-0.3, -0.25) is 9.59 Å². The van der Waals surface area contributed by atoms with E-state index in [-0.39, 0.29) is 17.8 Å². The minimum Gasteiger partial charge on any atom is -0.481 e. The summed E-state index contributed by atoms with van der Waals surface area (Å²) in [6.07, 6.45) is 6.06. The van der Waals surface area contributed by atoms with Gasteiger partial charge in [0.1, 0.15) is 12.2 Å². The zero-order valence-electron chi connectivity index (χ0n) is 10.9. The molecule has 2 heterocycles. The van der Waals surface area contributed by atoms with Crippen LogP contribution in [-0.2, 0) is 4.79 Å². The van der Waals surface area contributed by atoms with Gasteiger partial charge in [0.05, 0.1) is 10.9 Å². The molecule has 0 spiro atoms. The number of nitrogens with one attached hydrogen (secondary N) is 1. The first-order valence-corrected chi connectivity index (χ1v) is 7.28. The largest absolute Gasteiger partial charge is 0.481 e. The van der Waals surface area contributed by atoms with Crippen molar-refractivity contribution in [2.24, 2.45) is 5.92 Å². The highest BCUT2D eigenvalue weighted by Crippen LogP contribution is 2.37. The smallest absolute Gasteiger partial charge is 0.311 e. The molecular formula is C15H12FNO3S. The summed E-state index contributed by atoms with van der Waals surface area (Å²) < 4.78 is 13.4. The van der Waals surface area contributed by atoms with Gasteiger partial charge >= 0.3 is 5.97 Å². The Bertz CT molecular complexity index is 702. The number of ketones is 1. The summed E-state index contributed by atoms with van der Waals surface area (Å²) in [7, 11) is 0. The third-order valence-corrected chi connectivity index (χ3v) is 4.47. The molecule has 0 radical (unpaired) electrons. The number of aliphatic carboxylic acids is 1. The Morgan fingerprint density at radius 1 is 1.43 bits per heavy atom. The maximum Gasteiger partial charge on any atom is 0.311 e. The van der Waals surface area contributed by atoms with Crippen LogP contribution in [0.1, 0.15) is 21.7 Å². The number of Topliss-reactive ketones (excluding diaryl/α,β-unsaturated/α-hetero) is 1. The normalized spacial score (nSPS) is 23.1. The number of allylic oxidation sites excluding steroid dienone is 2. The van der Waals surface area contributed by atoms with Crippen molar-refractivity contribution in [3.8, 4) is 0 Å². The highest BCUT2D eigenvalue weighted by atomic mass is 32.1. The van der Waals surface area contributed by atoms with Gasteiger partial charge in [0, 0.05) is 12.1 Å². The fourth-order valence-electron chi connectivity index (χ4n) is 2.50. The summed E-state index contributed by atoms with van der Waals surface area (Å²) in [5.41, 5.74) is 1.73. The number of fused-ring (bicyclic) bond motifs is 1. The van der Waals surface area contributed by atoms with Crippen molar-refractivity contribution in [1.29, 1.82) is 0 Å². The predicted octanol–water partition coefficient (Wildman–Crippen LogP) is 2.76. The zero-order valence-corrected chi connectivity index (χ0v) is 11.7. The zero-order chi connectivity index (χ0) is 15.0. The van der Waals surface area contributed by atoms with E-state index >= 15 is 0 Å². The van der Waals surface area contributed by atoms with Crippen molar-refractivity contribution >= 4 is 28.7 Å². The molecule has 0 saturated carbocycles. The molecule has 2 unspecified atom stereocenters. The van der Waals surface area contributed by atoms with Crippen molar-refractivity contribution in [2.45, 2.75) is 12.5 Å². The summed E-state index contributed by atoms with van der Waals surface area (Å²) in [6.45, 7) is 0. The lowest BCUT2D eigenvalue weighted by atomic mass is 9.88. The molecule has 3 rings (SSSR count). The molecule has 1 aliphatic carbocycles. The van der Waals surface area contributed by atoms with Gasteiger partial charge in [-0.15, -0.1) is 11.3 Å². The first-order valence-electron chi connectivity index (χ1n) is 6.40. The molecule has 1 aromatic rings. The van der Waals surface area contributed by atoms with E-state index in [1.807, 2.05) is 6.20 Å². The van der Waals surface area contributed by atoms with Gasteiger partial charge in [-0.2, -0.15) is 0 Å². The molecule has 0 saturated heterocycles. The summed E-state index contributed by atoms with van der Waals surface area (Å²) in [5, 5.41) is 13.6. The molecule has 2 N–H and O–H groups in total. The van der Waals surface area contributed by atoms with Crippen LogP contribution >= 0.6 is 11.3 Å².